The third-order valence-corrected chi connectivity index (χ3v) is 3.61. The van der Waals surface area contributed by atoms with Gasteiger partial charge in [-0.05, 0) is 32.0 Å². The molecule has 0 bridgehead atoms. The minimum Gasteiger partial charge on any atom is -1.00 e. The molecule has 2 N–H and O–H groups in total. The molecule has 0 saturated heterocycles. The summed E-state index contributed by atoms with van der Waals surface area (Å²) in [5, 5.41) is 12.5. The highest BCUT2D eigenvalue weighted by Gasteiger charge is 2.18. The number of rotatable bonds is 4. The van der Waals surface area contributed by atoms with Crippen LogP contribution in [0, 0.1) is 0 Å². The molecule has 0 aliphatic heterocycles. The van der Waals surface area contributed by atoms with Crippen LogP contribution in [-0.4, -0.2) is 17.1 Å². The predicted octanol–water partition coefficient (Wildman–Crippen LogP) is 0.982. The van der Waals surface area contributed by atoms with E-state index in [4.69, 9.17) is 9.52 Å². The van der Waals surface area contributed by atoms with Crippen LogP contribution in [0.4, 0.5) is 5.69 Å². The molecule has 130 valence electrons. The highest BCUT2D eigenvalue weighted by Crippen LogP contribution is 2.29. The number of benzene rings is 2. The first kappa shape index (κ1) is 18.5. The summed E-state index contributed by atoms with van der Waals surface area (Å²) in [6, 6.07) is 13.7. The maximum Gasteiger partial charge on any atom is 0.335 e. The van der Waals surface area contributed by atoms with Gasteiger partial charge in [0, 0.05) is 11.6 Å². The fourth-order valence-electron chi connectivity index (χ4n) is 2.54. The summed E-state index contributed by atoms with van der Waals surface area (Å²) in [6.45, 7) is 3.85. The third-order valence-electron chi connectivity index (χ3n) is 3.61. The number of hydrogen-bond donors (Lipinski definition) is 2. The topological polar surface area (TPSA) is 79.5 Å². The Morgan fingerprint density at radius 1 is 1.12 bits per heavy atom. The monoisotopic (exact) mass is 358 g/mol. The molecule has 0 unspecified atom stereocenters. The van der Waals surface area contributed by atoms with Crippen LogP contribution in [0.3, 0.4) is 0 Å². The molecule has 0 fully saturated rings. The summed E-state index contributed by atoms with van der Waals surface area (Å²) in [5.74, 6) is -0.633. The van der Waals surface area contributed by atoms with Crippen LogP contribution >= 0.6 is 0 Å². The van der Waals surface area contributed by atoms with Crippen molar-refractivity contribution in [3.8, 4) is 11.3 Å². The van der Waals surface area contributed by atoms with Gasteiger partial charge in [0.15, 0.2) is 5.76 Å². The van der Waals surface area contributed by atoms with Gasteiger partial charge in [0.2, 0.25) is 5.43 Å². The summed E-state index contributed by atoms with van der Waals surface area (Å²) in [7, 11) is 0. The zero-order valence-electron chi connectivity index (χ0n) is 13.7. The Bertz CT molecular complexity index is 964. The lowest BCUT2D eigenvalue weighted by Crippen LogP contribution is -3.00. The van der Waals surface area contributed by atoms with Crippen molar-refractivity contribution in [2.75, 3.05) is 5.32 Å². The van der Waals surface area contributed by atoms with Crippen molar-refractivity contribution in [3.63, 3.8) is 0 Å². The van der Waals surface area contributed by atoms with E-state index in [1.165, 1.54) is 18.2 Å². The number of hydrogen-bond acceptors (Lipinski definition) is 4. The van der Waals surface area contributed by atoms with Gasteiger partial charge in [-0.3, -0.25) is 4.79 Å². The lowest BCUT2D eigenvalue weighted by molar-refractivity contribution is -0.0000209. The normalized spacial score (nSPS) is 10.5. The fraction of sp³-hybridized carbons (Fsp3) is 0.158. The van der Waals surface area contributed by atoms with E-state index in [0.717, 1.165) is 5.56 Å². The molecule has 0 amide bonds. The van der Waals surface area contributed by atoms with Crippen molar-refractivity contribution in [3.05, 3.63) is 64.3 Å². The number of anilines is 1. The number of aromatic carboxylic acids is 1. The fourth-order valence-corrected chi connectivity index (χ4v) is 2.54. The molecule has 5 nitrogen and oxygen atoms in total. The Kier molecular flexibility index (Phi) is 5.49. The Hall–Kier alpha value is -2.79. The minimum atomic E-state index is -1.08. The first-order valence-corrected chi connectivity index (χ1v) is 7.63. The van der Waals surface area contributed by atoms with Crippen molar-refractivity contribution in [2.24, 2.45) is 0 Å². The third kappa shape index (κ3) is 3.67. The van der Waals surface area contributed by atoms with Gasteiger partial charge in [0.1, 0.15) is 11.3 Å². The standard InChI is InChI=1S/C19H17NO4.ClH/c1-11(2)20-16-17(21)14-10-13(19(22)23)8-9-15(14)24-18(16)12-6-4-3-5-7-12;/h3-11,20H,1-2H3,(H,22,23);1H/p-1. The van der Waals surface area contributed by atoms with Gasteiger partial charge in [-0.15, -0.1) is 0 Å². The first-order chi connectivity index (χ1) is 11.5. The van der Waals surface area contributed by atoms with E-state index in [0.29, 0.717) is 17.0 Å². The molecular weight excluding hydrogens is 342 g/mol. The average Bonchev–Trinajstić information content (AvgIpc) is 2.57. The zero-order chi connectivity index (χ0) is 17.3. The molecule has 0 spiro atoms. The second kappa shape index (κ2) is 7.40. The molecule has 0 atom stereocenters. The van der Waals surface area contributed by atoms with Crippen LogP contribution in [-0.2, 0) is 0 Å². The van der Waals surface area contributed by atoms with Crippen LogP contribution in [0.25, 0.3) is 22.3 Å². The summed E-state index contributed by atoms with van der Waals surface area (Å²) in [5.41, 5.74) is 1.26. The summed E-state index contributed by atoms with van der Waals surface area (Å²) >= 11 is 0. The van der Waals surface area contributed by atoms with Crippen LogP contribution < -0.4 is 23.2 Å². The van der Waals surface area contributed by atoms with Gasteiger partial charge >= 0.3 is 5.97 Å². The number of carbonyl (C=O) groups is 1. The van der Waals surface area contributed by atoms with Gasteiger partial charge in [-0.25, -0.2) is 4.79 Å². The van der Waals surface area contributed by atoms with Gasteiger partial charge in [-0.2, -0.15) is 0 Å². The second-order valence-electron chi connectivity index (χ2n) is 5.82. The van der Waals surface area contributed by atoms with Crippen LogP contribution in [0.1, 0.15) is 24.2 Å². The quantitative estimate of drug-likeness (QED) is 0.727. The van der Waals surface area contributed by atoms with Crippen molar-refractivity contribution < 1.29 is 26.7 Å². The molecule has 3 rings (SSSR count). The highest BCUT2D eigenvalue weighted by atomic mass is 35.5. The largest absolute Gasteiger partial charge is 1.00 e. The number of halogens is 1. The van der Waals surface area contributed by atoms with Crippen LogP contribution in [0.2, 0.25) is 0 Å². The molecule has 0 aliphatic carbocycles. The van der Waals surface area contributed by atoms with E-state index < -0.39 is 5.97 Å². The molecular formula is C19H17ClNO4-. The highest BCUT2D eigenvalue weighted by molar-refractivity contribution is 5.94. The van der Waals surface area contributed by atoms with Crippen molar-refractivity contribution >= 4 is 22.6 Å². The van der Waals surface area contributed by atoms with Crippen molar-refractivity contribution in [2.45, 2.75) is 19.9 Å². The Balaban J connectivity index is 0.00000225. The molecule has 3 aromatic rings. The molecule has 0 aliphatic rings. The van der Waals surface area contributed by atoms with E-state index in [1.54, 1.807) is 0 Å². The smallest absolute Gasteiger partial charge is 0.335 e. The lowest BCUT2D eigenvalue weighted by Gasteiger charge is -2.14. The first-order valence-electron chi connectivity index (χ1n) is 7.63. The Morgan fingerprint density at radius 3 is 2.40 bits per heavy atom. The molecule has 0 saturated carbocycles. The molecule has 25 heavy (non-hydrogen) atoms. The van der Waals surface area contributed by atoms with E-state index in [9.17, 15) is 9.59 Å². The SMILES string of the molecule is CC(C)Nc1c(-c2ccccc2)oc2ccc(C(=O)O)cc2c1=O.[Cl-]. The van der Waals surface area contributed by atoms with Gasteiger partial charge in [0.05, 0.1) is 10.9 Å². The summed E-state index contributed by atoms with van der Waals surface area (Å²) in [6.07, 6.45) is 0. The average molecular weight is 359 g/mol. The number of carboxylic acids is 1. The number of fused-ring (bicyclic) bond motifs is 1. The molecule has 2 aromatic carbocycles. The second-order valence-corrected chi connectivity index (χ2v) is 5.82. The predicted molar refractivity (Wildman–Crippen MR) is 93.6 cm³/mol. The molecule has 1 aromatic heterocycles. The van der Waals surface area contributed by atoms with Crippen molar-refractivity contribution in [1.82, 2.24) is 0 Å². The lowest BCUT2D eigenvalue weighted by atomic mass is 10.1. The van der Waals surface area contributed by atoms with Gasteiger partial charge in [0.25, 0.3) is 0 Å². The number of nitrogens with one attached hydrogen (secondary N) is 1. The van der Waals surface area contributed by atoms with Gasteiger partial charge in [-0.1, -0.05) is 30.3 Å². The van der Waals surface area contributed by atoms with E-state index in [-0.39, 0.29) is 34.8 Å². The minimum absolute atomic E-state index is 0. The maximum atomic E-state index is 12.9. The molecule has 0 radical (unpaired) electrons. The Morgan fingerprint density at radius 2 is 1.80 bits per heavy atom. The van der Waals surface area contributed by atoms with Gasteiger partial charge < -0.3 is 27.2 Å². The van der Waals surface area contributed by atoms with E-state index in [1.807, 2.05) is 44.2 Å². The zero-order valence-corrected chi connectivity index (χ0v) is 14.5. The van der Waals surface area contributed by atoms with Crippen molar-refractivity contribution in [1.29, 1.82) is 0 Å². The van der Waals surface area contributed by atoms with E-state index >= 15 is 0 Å². The maximum absolute atomic E-state index is 12.9. The van der Waals surface area contributed by atoms with Crippen LogP contribution in [0.15, 0.2) is 57.7 Å². The Labute approximate surface area is 150 Å². The van der Waals surface area contributed by atoms with Crippen LogP contribution in [0.5, 0.6) is 0 Å². The summed E-state index contributed by atoms with van der Waals surface area (Å²) in [4.78, 5) is 24.1. The number of carboxylic acid groups (broad SMARTS) is 1. The molecule has 6 heteroatoms. The molecule has 1 heterocycles. The summed E-state index contributed by atoms with van der Waals surface area (Å²) < 4.78 is 5.94. The van der Waals surface area contributed by atoms with E-state index in [2.05, 4.69) is 5.32 Å².